The van der Waals surface area contributed by atoms with Gasteiger partial charge in [-0.25, -0.2) is 4.79 Å². The van der Waals surface area contributed by atoms with Crippen LogP contribution in [0.5, 0.6) is 23.0 Å². The third kappa shape index (κ3) is 2.12. The molecule has 134 valence electrons. The summed E-state index contributed by atoms with van der Waals surface area (Å²) in [4.78, 5) is 11.8. The molecule has 9 nitrogen and oxygen atoms in total. The van der Waals surface area contributed by atoms with Crippen LogP contribution in [-0.4, -0.2) is 40.5 Å². The zero-order chi connectivity index (χ0) is 18.6. The number of hydrogen-bond donors (Lipinski definition) is 5. The van der Waals surface area contributed by atoms with E-state index < -0.39 is 11.2 Å². The predicted molar refractivity (Wildman–Crippen MR) is 86.9 cm³/mol. The molecule has 0 atom stereocenters. The van der Waals surface area contributed by atoms with E-state index in [0.29, 0.717) is 10.8 Å². The summed E-state index contributed by atoms with van der Waals surface area (Å²) >= 11 is 0. The topological polar surface area (TPSA) is 130 Å². The van der Waals surface area contributed by atoms with Crippen molar-refractivity contribution < 1.29 is 44.9 Å². The lowest BCUT2D eigenvalue weighted by Gasteiger charge is -2.15. The fraction of sp³-hybridized carbons (Fsp3) is 0.118. The number of phenolic OH excluding ortho intramolecular Hbond substituents is 1. The Hall–Kier alpha value is -3.27. The molecule has 0 fully saturated rings. The van der Waals surface area contributed by atoms with Crippen molar-refractivity contribution in [3.8, 4) is 23.0 Å². The summed E-state index contributed by atoms with van der Waals surface area (Å²) in [6.07, 6.45) is 0. The molecule has 1 heterocycles. The molecule has 1 aliphatic heterocycles. The third-order valence-electron chi connectivity index (χ3n) is 4.36. The Labute approximate surface area is 145 Å². The maximum Gasteiger partial charge on any atom is 0.336 e. The van der Waals surface area contributed by atoms with Crippen molar-refractivity contribution in [3.05, 3.63) is 29.8 Å². The van der Waals surface area contributed by atoms with Gasteiger partial charge in [0.25, 0.3) is 0 Å². The van der Waals surface area contributed by atoms with Crippen LogP contribution in [0.25, 0.3) is 21.5 Å². The maximum atomic E-state index is 11.8. The number of ether oxygens (including phenoxy) is 3. The number of carboxylic acids is 1. The van der Waals surface area contributed by atoms with E-state index in [9.17, 15) is 25.4 Å². The molecular formula is C17H14NO8+. The van der Waals surface area contributed by atoms with Gasteiger partial charge in [-0.3, -0.25) is 0 Å². The smallest absolute Gasteiger partial charge is 0.336 e. The van der Waals surface area contributed by atoms with Crippen LogP contribution in [0.1, 0.15) is 10.4 Å². The highest BCUT2D eigenvalue weighted by atomic mass is 16.8. The first-order valence-electron chi connectivity index (χ1n) is 7.51. The summed E-state index contributed by atoms with van der Waals surface area (Å²) in [6.45, 7) is -0.101. The van der Waals surface area contributed by atoms with Gasteiger partial charge >= 0.3 is 5.97 Å². The van der Waals surface area contributed by atoms with Crippen molar-refractivity contribution in [2.24, 2.45) is 0 Å². The van der Waals surface area contributed by atoms with Gasteiger partial charge in [0.15, 0.2) is 23.0 Å². The Kier molecular flexibility index (Phi) is 3.51. The minimum Gasteiger partial charge on any atom is -0.504 e. The van der Waals surface area contributed by atoms with E-state index in [2.05, 4.69) is 0 Å². The average Bonchev–Trinajstić information content (AvgIpc) is 3.08. The van der Waals surface area contributed by atoms with Gasteiger partial charge in [0.2, 0.25) is 12.5 Å². The molecular weight excluding hydrogens is 346 g/mol. The van der Waals surface area contributed by atoms with Gasteiger partial charge in [0.05, 0.1) is 18.1 Å². The lowest BCUT2D eigenvalue weighted by atomic mass is 9.94. The number of nitrogens with one attached hydrogen (secondary N) is 1. The second-order valence-electron chi connectivity index (χ2n) is 5.67. The van der Waals surface area contributed by atoms with E-state index in [1.807, 2.05) is 0 Å². The van der Waals surface area contributed by atoms with E-state index in [1.165, 1.54) is 25.3 Å². The van der Waals surface area contributed by atoms with Crippen LogP contribution in [0.2, 0.25) is 0 Å². The number of fused-ring (bicyclic) bond motifs is 5. The number of carbonyl (C=O) groups is 1. The van der Waals surface area contributed by atoms with Crippen LogP contribution in [-0.2, 0) is 0 Å². The average molecular weight is 360 g/mol. The predicted octanol–water partition coefficient (Wildman–Crippen LogP) is 1.43. The highest BCUT2D eigenvalue weighted by Crippen LogP contribution is 2.48. The molecule has 26 heavy (non-hydrogen) atoms. The minimum atomic E-state index is -1.27. The van der Waals surface area contributed by atoms with Crippen LogP contribution in [0.4, 0.5) is 5.69 Å². The van der Waals surface area contributed by atoms with E-state index in [0.717, 1.165) is 0 Å². The van der Waals surface area contributed by atoms with Gasteiger partial charge in [-0.2, -0.15) is 10.4 Å². The highest BCUT2D eigenvalue weighted by molar-refractivity contribution is 6.22. The molecule has 5 N–H and O–H groups in total. The second-order valence-corrected chi connectivity index (χ2v) is 5.67. The molecule has 0 radical (unpaired) electrons. The Morgan fingerprint density at radius 2 is 1.92 bits per heavy atom. The number of benzene rings is 3. The largest absolute Gasteiger partial charge is 0.504 e. The number of aromatic carboxylic acids is 1. The van der Waals surface area contributed by atoms with Crippen molar-refractivity contribution in [1.82, 2.24) is 0 Å². The van der Waals surface area contributed by atoms with Crippen molar-refractivity contribution in [1.29, 1.82) is 0 Å². The van der Waals surface area contributed by atoms with Gasteiger partial charge in [-0.1, -0.05) is 0 Å². The monoisotopic (exact) mass is 360 g/mol. The summed E-state index contributed by atoms with van der Waals surface area (Å²) in [5, 5.41) is 39.5. The van der Waals surface area contributed by atoms with E-state index in [4.69, 9.17) is 14.2 Å². The van der Waals surface area contributed by atoms with Gasteiger partial charge in [0, 0.05) is 16.8 Å². The van der Waals surface area contributed by atoms with Gasteiger partial charge in [-0.05, 0) is 28.8 Å². The molecule has 0 aromatic heterocycles. The normalized spacial score (nSPS) is 12.9. The molecule has 1 aliphatic rings. The number of rotatable bonds is 3. The van der Waals surface area contributed by atoms with Crippen molar-refractivity contribution in [3.63, 3.8) is 0 Å². The quantitative estimate of drug-likeness (QED) is 0.350. The fourth-order valence-corrected chi connectivity index (χ4v) is 3.26. The van der Waals surface area contributed by atoms with Gasteiger partial charge < -0.3 is 24.4 Å². The molecule has 3 aromatic carbocycles. The Balaban J connectivity index is 2.30. The number of aromatic hydroxyl groups is 1. The molecule has 3 aromatic rings. The van der Waals surface area contributed by atoms with E-state index in [1.54, 1.807) is 6.07 Å². The Bertz CT molecular complexity index is 1080. The summed E-state index contributed by atoms with van der Waals surface area (Å²) < 4.78 is 15.9. The highest BCUT2D eigenvalue weighted by Gasteiger charge is 2.30. The molecule has 4 rings (SSSR count). The Morgan fingerprint density at radius 3 is 2.58 bits per heavy atom. The van der Waals surface area contributed by atoms with Gasteiger partial charge in [-0.15, -0.1) is 0 Å². The van der Waals surface area contributed by atoms with Crippen molar-refractivity contribution in [2.45, 2.75) is 0 Å². The van der Waals surface area contributed by atoms with E-state index >= 15 is 0 Å². The summed E-state index contributed by atoms with van der Waals surface area (Å²) in [7, 11) is 1.38. The fourth-order valence-electron chi connectivity index (χ4n) is 3.26. The number of phenols is 1. The van der Waals surface area contributed by atoms with Crippen molar-refractivity contribution >= 4 is 33.2 Å². The summed E-state index contributed by atoms with van der Waals surface area (Å²) in [5.74, 6) is -0.817. The van der Waals surface area contributed by atoms with Crippen LogP contribution < -0.4 is 19.4 Å². The molecule has 0 unspecified atom stereocenters. The number of hydrogen-bond acceptors (Lipinski definition) is 7. The van der Waals surface area contributed by atoms with Crippen LogP contribution in [0.15, 0.2) is 24.3 Å². The second kappa shape index (κ2) is 5.63. The van der Waals surface area contributed by atoms with Crippen LogP contribution in [0.3, 0.4) is 0 Å². The first-order valence-corrected chi connectivity index (χ1v) is 7.51. The molecule has 0 spiro atoms. The lowest BCUT2D eigenvalue weighted by molar-refractivity contribution is -1.19. The Morgan fingerprint density at radius 1 is 1.15 bits per heavy atom. The molecule has 0 saturated heterocycles. The maximum absolute atomic E-state index is 11.8. The SMILES string of the molecule is COc1ccc2c(cc([NH+](O)O)c3c(C(=O)O)cc4c(c32)OCO4)c1O. The first-order chi connectivity index (χ1) is 12.4. The van der Waals surface area contributed by atoms with E-state index in [-0.39, 0.29) is 51.8 Å². The zero-order valence-electron chi connectivity index (χ0n) is 13.4. The number of carboxylic acid groups (broad SMARTS) is 1. The standard InChI is InChI=1S/C17H13NO8/c1-24-11-3-2-7-8(15(11)19)4-10(18(22)23)13-9(17(20)21)5-12-16(14(7)13)26-6-25-12/h2-5,19,22-23H,6H2,1H3,(H,20,21)/p+1. The summed E-state index contributed by atoms with van der Waals surface area (Å²) in [6, 6.07) is 5.71. The molecule has 9 heteroatoms. The van der Waals surface area contributed by atoms with Crippen LogP contribution >= 0.6 is 0 Å². The summed E-state index contributed by atoms with van der Waals surface area (Å²) in [5.41, 5.74) is -0.344. The minimum absolute atomic E-state index is 0.0683. The number of methoxy groups -OCH3 is 1. The molecule has 0 amide bonds. The first kappa shape index (κ1) is 16.2. The molecule has 0 saturated carbocycles. The van der Waals surface area contributed by atoms with Gasteiger partial charge in [0.1, 0.15) is 0 Å². The third-order valence-corrected chi connectivity index (χ3v) is 4.36. The molecule has 0 bridgehead atoms. The van der Waals surface area contributed by atoms with Crippen LogP contribution in [0, 0.1) is 0 Å². The lowest BCUT2D eigenvalue weighted by Crippen LogP contribution is -3.02. The van der Waals surface area contributed by atoms with Crippen molar-refractivity contribution in [2.75, 3.05) is 13.9 Å². The zero-order valence-corrected chi connectivity index (χ0v) is 13.4. The molecule has 0 aliphatic carbocycles. The number of quaternary nitrogens is 1.